The van der Waals surface area contributed by atoms with Gasteiger partial charge in [-0.25, -0.2) is 8.78 Å². The summed E-state index contributed by atoms with van der Waals surface area (Å²) in [5.74, 6) is -2.55. The van der Waals surface area contributed by atoms with Gasteiger partial charge in [-0.1, -0.05) is 5.16 Å². The van der Waals surface area contributed by atoms with Gasteiger partial charge in [0.1, 0.15) is 0 Å². The monoisotopic (exact) mass is 207 g/mol. The van der Waals surface area contributed by atoms with E-state index in [4.69, 9.17) is 10.9 Å². The van der Waals surface area contributed by atoms with Crippen LogP contribution in [-0.4, -0.2) is 29.0 Å². The van der Waals surface area contributed by atoms with Gasteiger partial charge >= 0.3 is 0 Å². The quantitative estimate of drug-likeness (QED) is 0.279. The lowest BCUT2D eigenvalue weighted by Gasteiger charge is -2.18. The van der Waals surface area contributed by atoms with Crippen LogP contribution in [0.5, 0.6) is 0 Å². The molecule has 0 aromatic heterocycles. The molecule has 0 heterocycles. The molecule has 14 heavy (non-hydrogen) atoms. The smallest absolute Gasteiger partial charge is 0.249 e. The summed E-state index contributed by atoms with van der Waals surface area (Å²) in [7, 11) is 0. The number of rotatable bonds is 3. The highest BCUT2D eigenvalue weighted by Gasteiger charge is 2.39. The minimum atomic E-state index is -2.57. The summed E-state index contributed by atoms with van der Waals surface area (Å²) in [6.45, 7) is 1.67. The summed E-state index contributed by atoms with van der Waals surface area (Å²) in [4.78, 5) is 0. The Balaban J connectivity index is 2.40. The van der Waals surface area contributed by atoms with Crippen LogP contribution in [0.3, 0.4) is 0 Å². The predicted octanol–water partition coefficient (Wildman–Crippen LogP) is 0.899. The van der Waals surface area contributed by atoms with Gasteiger partial charge in [0.15, 0.2) is 5.84 Å². The molecule has 1 aliphatic rings. The van der Waals surface area contributed by atoms with Crippen LogP contribution < -0.4 is 11.1 Å². The minimum Gasteiger partial charge on any atom is -0.409 e. The Labute approximate surface area is 81.2 Å². The van der Waals surface area contributed by atoms with E-state index in [0.29, 0.717) is 6.42 Å². The number of halogens is 2. The number of nitrogens with one attached hydrogen (secondary N) is 1. The van der Waals surface area contributed by atoms with Crippen LogP contribution in [0.15, 0.2) is 5.16 Å². The number of oxime groups is 1. The van der Waals surface area contributed by atoms with E-state index < -0.39 is 5.92 Å². The molecule has 0 radical (unpaired) electrons. The van der Waals surface area contributed by atoms with Crippen LogP contribution >= 0.6 is 0 Å². The Hall–Kier alpha value is -0.910. The van der Waals surface area contributed by atoms with Crippen LogP contribution in [0.25, 0.3) is 0 Å². The van der Waals surface area contributed by atoms with Crippen molar-refractivity contribution in [2.75, 3.05) is 0 Å². The van der Waals surface area contributed by atoms with E-state index in [2.05, 4.69) is 10.5 Å². The maximum atomic E-state index is 12.8. The molecule has 0 bridgehead atoms. The number of nitrogens with two attached hydrogens (primary N) is 1. The first-order chi connectivity index (χ1) is 6.44. The normalized spacial score (nSPS) is 29.1. The fourth-order valence-electron chi connectivity index (χ4n) is 1.62. The molecule has 0 aromatic carbocycles. The first kappa shape index (κ1) is 11.2. The summed E-state index contributed by atoms with van der Waals surface area (Å²) in [6.07, 6.45) is 0.166. The molecule has 0 aliphatic heterocycles. The van der Waals surface area contributed by atoms with Gasteiger partial charge in [-0.05, 0) is 13.3 Å². The molecule has 82 valence electrons. The van der Waals surface area contributed by atoms with Crippen molar-refractivity contribution in [3.63, 3.8) is 0 Å². The second kappa shape index (κ2) is 4.08. The molecular formula is C8H15F2N3O. The lowest BCUT2D eigenvalue weighted by Crippen LogP contribution is -2.44. The van der Waals surface area contributed by atoms with Gasteiger partial charge in [-0.3, -0.25) is 0 Å². The average Bonchev–Trinajstić information content (AvgIpc) is 2.44. The van der Waals surface area contributed by atoms with E-state index in [1.54, 1.807) is 6.92 Å². The van der Waals surface area contributed by atoms with Crippen LogP contribution in [0.4, 0.5) is 8.78 Å². The molecule has 2 unspecified atom stereocenters. The third-order valence-corrected chi connectivity index (χ3v) is 2.45. The van der Waals surface area contributed by atoms with Gasteiger partial charge in [0.25, 0.3) is 0 Å². The van der Waals surface area contributed by atoms with Crippen molar-refractivity contribution >= 4 is 5.84 Å². The van der Waals surface area contributed by atoms with Crippen molar-refractivity contribution < 1.29 is 14.0 Å². The SMILES string of the molecule is CC(NC1CCC(F)(F)C1)/C(N)=N/O. The summed E-state index contributed by atoms with van der Waals surface area (Å²) in [5, 5.41) is 14.1. The predicted molar refractivity (Wildman–Crippen MR) is 48.6 cm³/mol. The Morgan fingerprint density at radius 2 is 2.36 bits per heavy atom. The zero-order valence-electron chi connectivity index (χ0n) is 8.00. The summed E-state index contributed by atoms with van der Waals surface area (Å²) in [5.41, 5.74) is 5.31. The van der Waals surface area contributed by atoms with Crippen molar-refractivity contribution in [3.05, 3.63) is 0 Å². The van der Waals surface area contributed by atoms with Gasteiger partial charge in [0.05, 0.1) is 6.04 Å². The summed E-state index contributed by atoms with van der Waals surface area (Å²) >= 11 is 0. The van der Waals surface area contributed by atoms with E-state index in [0.717, 1.165) is 0 Å². The zero-order chi connectivity index (χ0) is 10.8. The average molecular weight is 207 g/mol. The largest absolute Gasteiger partial charge is 0.409 e. The molecule has 0 aromatic rings. The van der Waals surface area contributed by atoms with Crippen LogP contribution in [0.2, 0.25) is 0 Å². The molecule has 4 N–H and O–H groups in total. The van der Waals surface area contributed by atoms with Crippen LogP contribution in [-0.2, 0) is 0 Å². The van der Waals surface area contributed by atoms with Gasteiger partial charge < -0.3 is 16.3 Å². The lowest BCUT2D eigenvalue weighted by molar-refractivity contribution is 0.00684. The fourth-order valence-corrected chi connectivity index (χ4v) is 1.62. The Kier molecular flexibility index (Phi) is 3.25. The van der Waals surface area contributed by atoms with Crippen molar-refractivity contribution in [3.8, 4) is 0 Å². The van der Waals surface area contributed by atoms with E-state index in [-0.39, 0.29) is 30.8 Å². The zero-order valence-corrected chi connectivity index (χ0v) is 8.00. The molecule has 0 amide bonds. The molecule has 6 heteroatoms. The molecule has 1 aliphatic carbocycles. The molecule has 1 fully saturated rings. The molecule has 4 nitrogen and oxygen atoms in total. The Bertz CT molecular complexity index is 233. The number of alkyl halides is 2. The molecular weight excluding hydrogens is 192 g/mol. The maximum absolute atomic E-state index is 12.8. The highest BCUT2D eigenvalue weighted by molar-refractivity contribution is 5.84. The second-order valence-electron chi connectivity index (χ2n) is 3.71. The lowest BCUT2D eigenvalue weighted by atomic mass is 10.2. The topological polar surface area (TPSA) is 70.6 Å². The highest BCUT2D eigenvalue weighted by atomic mass is 19.3. The number of hydrogen-bond donors (Lipinski definition) is 3. The van der Waals surface area contributed by atoms with Gasteiger partial charge in [0.2, 0.25) is 5.92 Å². The molecule has 0 spiro atoms. The number of nitrogens with zero attached hydrogens (tertiary/aromatic N) is 1. The van der Waals surface area contributed by atoms with Gasteiger partial charge in [-0.15, -0.1) is 0 Å². The first-order valence-corrected chi connectivity index (χ1v) is 4.56. The Morgan fingerprint density at radius 1 is 1.71 bits per heavy atom. The maximum Gasteiger partial charge on any atom is 0.249 e. The van der Waals surface area contributed by atoms with Crippen molar-refractivity contribution in [2.45, 2.75) is 44.2 Å². The van der Waals surface area contributed by atoms with E-state index in [9.17, 15) is 8.78 Å². The molecule has 0 saturated heterocycles. The highest BCUT2D eigenvalue weighted by Crippen LogP contribution is 2.34. The standard InChI is InChI=1S/C8H15F2N3O/c1-5(7(11)13-14)12-6-2-3-8(9,10)4-6/h5-6,12,14H,2-4H2,1H3,(H2,11,13). The van der Waals surface area contributed by atoms with Crippen molar-refractivity contribution in [1.82, 2.24) is 5.32 Å². The van der Waals surface area contributed by atoms with Crippen LogP contribution in [0, 0.1) is 0 Å². The van der Waals surface area contributed by atoms with Crippen LogP contribution in [0.1, 0.15) is 26.2 Å². The van der Waals surface area contributed by atoms with Gasteiger partial charge in [-0.2, -0.15) is 0 Å². The summed E-state index contributed by atoms with van der Waals surface area (Å²) < 4.78 is 25.6. The molecule has 1 rings (SSSR count). The number of amidine groups is 1. The fraction of sp³-hybridized carbons (Fsp3) is 0.875. The Morgan fingerprint density at radius 3 is 2.79 bits per heavy atom. The van der Waals surface area contributed by atoms with E-state index >= 15 is 0 Å². The van der Waals surface area contributed by atoms with E-state index in [1.807, 2.05) is 0 Å². The van der Waals surface area contributed by atoms with Gasteiger partial charge in [0, 0.05) is 18.9 Å². The second-order valence-corrected chi connectivity index (χ2v) is 3.71. The first-order valence-electron chi connectivity index (χ1n) is 4.56. The van der Waals surface area contributed by atoms with Crippen molar-refractivity contribution in [1.29, 1.82) is 0 Å². The number of hydrogen-bond acceptors (Lipinski definition) is 3. The van der Waals surface area contributed by atoms with Crippen molar-refractivity contribution in [2.24, 2.45) is 10.9 Å². The van der Waals surface area contributed by atoms with E-state index in [1.165, 1.54) is 0 Å². The molecule has 2 atom stereocenters. The summed E-state index contributed by atoms with van der Waals surface area (Å²) in [6, 6.07) is -0.626. The molecule has 1 saturated carbocycles. The third-order valence-electron chi connectivity index (χ3n) is 2.45. The minimum absolute atomic E-state index is 0.0141. The third kappa shape index (κ3) is 2.80.